The van der Waals surface area contributed by atoms with E-state index < -0.39 is 4.92 Å². The zero-order valence-electron chi connectivity index (χ0n) is 6.69. The monoisotopic (exact) mass is 155 g/mol. The van der Waals surface area contributed by atoms with Gasteiger partial charge in [-0.3, -0.25) is 10.1 Å². The molecule has 11 heavy (non-hydrogen) atoms. The van der Waals surface area contributed by atoms with Crippen molar-refractivity contribution in [3.8, 4) is 0 Å². The van der Waals surface area contributed by atoms with Crippen LogP contribution < -0.4 is 0 Å². The molecule has 0 bridgehead atoms. The van der Waals surface area contributed by atoms with E-state index in [1.54, 1.807) is 6.08 Å². The van der Waals surface area contributed by atoms with Crippen molar-refractivity contribution < 1.29 is 4.92 Å². The van der Waals surface area contributed by atoms with Gasteiger partial charge in [-0.05, 0) is 25.3 Å². The minimum atomic E-state index is -0.441. The first-order valence-electron chi connectivity index (χ1n) is 3.72. The number of hydrogen-bond donors (Lipinski definition) is 0. The summed E-state index contributed by atoms with van der Waals surface area (Å²) < 4.78 is 0. The summed E-state index contributed by atoms with van der Waals surface area (Å²) >= 11 is 0. The lowest BCUT2D eigenvalue weighted by molar-refractivity contribution is -0.402. The first-order chi connectivity index (χ1) is 5.27. The zero-order chi connectivity index (χ0) is 8.53. The van der Waals surface area contributed by atoms with Gasteiger partial charge < -0.3 is 0 Å². The fourth-order valence-electron chi connectivity index (χ4n) is 0.638. The summed E-state index contributed by atoms with van der Waals surface area (Å²) in [6, 6.07) is 0. The third kappa shape index (κ3) is 8.88. The molecule has 0 unspecified atom stereocenters. The molecule has 3 heteroatoms. The van der Waals surface area contributed by atoms with Gasteiger partial charge in [-0.25, -0.2) is 0 Å². The molecule has 0 aliphatic rings. The normalized spacial score (nSPS) is 11.4. The third-order valence-electron chi connectivity index (χ3n) is 1.13. The van der Waals surface area contributed by atoms with Crippen LogP contribution in [0.1, 0.15) is 26.2 Å². The smallest absolute Gasteiger partial charge is 0.230 e. The molecule has 0 aliphatic heterocycles. The fraction of sp³-hybridized carbons (Fsp3) is 0.500. The number of nitrogens with zero attached hydrogens (tertiary/aromatic N) is 1. The van der Waals surface area contributed by atoms with Crippen molar-refractivity contribution in [1.29, 1.82) is 0 Å². The third-order valence-corrected chi connectivity index (χ3v) is 1.13. The van der Waals surface area contributed by atoms with Gasteiger partial charge in [-0.1, -0.05) is 19.1 Å². The minimum Gasteiger partial charge on any atom is -0.259 e. The summed E-state index contributed by atoms with van der Waals surface area (Å²) in [7, 11) is 0. The predicted octanol–water partition coefficient (Wildman–Crippen LogP) is 2.52. The summed E-state index contributed by atoms with van der Waals surface area (Å²) in [5.74, 6) is 0. The molecule has 0 amide bonds. The summed E-state index contributed by atoms with van der Waals surface area (Å²) in [6.45, 7) is 2.06. The summed E-state index contributed by atoms with van der Waals surface area (Å²) in [6.07, 6.45) is 9.30. The van der Waals surface area contributed by atoms with E-state index >= 15 is 0 Å². The minimum absolute atomic E-state index is 0.441. The van der Waals surface area contributed by atoms with Gasteiger partial charge in [0.25, 0.3) is 0 Å². The number of nitro groups is 1. The quantitative estimate of drug-likeness (QED) is 0.265. The van der Waals surface area contributed by atoms with E-state index in [-0.39, 0.29) is 0 Å². The van der Waals surface area contributed by atoms with Crippen LogP contribution in [-0.4, -0.2) is 4.92 Å². The van der Waals surface area contributed by atoms with Crippen LogP contribution in [0.4, 0.5) is 0 Å². The van der Waals surface area contributed by atoms with E-state index in [1.807, 2.05) is 6.08 Å². The van der Waals surface area contributed by atoms with Crippen LogP contribution in [0.15, 0.2) is 24.4 Å². The molecular weight excluding hydrogens is 142 g/mol. The molecule has 0 N–H and O–H groups in total. The maximum atomic E-state index is 9.79. The number of hydrogen-bond acceptors (Lipinski definition) is 2. The van der Waals surface area contributed by atoms with Crippen molar-refractivity contribution in [3.05, 3.63) is 34.5 Å². The molecule has 0 rings (SSSR count). The molecular formula is C8H13NO2. The van der Waals surface area contributed by atoms with Gasteiger partial charge in [0.05, 0.1) is 4.92 Å². The Kier molecular flexibility index (Phi) is 6.28. The second kappa shape index (κ2) is 6.99. The molecule has 0 aromatic heterocycles. The van der Waals surface area contributed by atoms with Gasteiger partial charge in [0.2, 0.25) is 6.20 Å². The highest BCUT2D eigenvalue weighted by Gasteiger charge is 1.82. The largest absolute Gasteiger partial charge is 0.259 e. The number of allylic oxidation sites excluding steroid dienone is 3. The molecule has 62 valence electrons. The Morgan fingerprint density at radius 1 is 1.27 bits per heavy atom. The fourth-order valence-corrected chi connectivity index (χ4v) is 0.638. The Labute approximate surface area is 66.6 Å². The van der Waals surface area contributed by atoms with Crippen LogP contribution in [0.3, 0.4) is 0 Å². The van der Waals surface area contributed by atoms with Crippen LogP contribution in [-0.2, 0) is 0 Å². The second-order valence-electron chi connectivity index (χ2n) is 2.13. The molecule has 0 aromatic rings. The lowest BCUT2D eigenvalue weighted by Crippen LogP contribution is -1.81. The van der Waals surface area contributed by atoms with E-state index in [2.05, 4.69) is 13.0 Å². The Morgan fingerprint density at radius 3 is 2.45 bits per heavy atom. The highest BCUT2D eigenvalue weighted by atomic mass is 16.6. The maximum absolute atomic E-state index is 9.79. The van der Waals surface area contributed by atoms with E-state index in [1.165, 1.54) is 0 Å². The Morgan fingerprint density at radius 2 is 1.91 bits per heavy atom. The summed E-state index contributed by atoms with van der Waals surface area (Å²) in [5.41, 5.74) is 0. The van der Waals surface area contributed by atoms with Gasteiger partial charge in [0.15, 0.2) is 0 Å². The second-order valence-corrected chi connectivity index (χ2v) is 2.13. The molecule has 0 spiro atoms. The molecule has 0 aromatic carbocycles. The lowest BCUT2D eigenvalue weighted by atomic mass is 10.2. The van der Waals surface area contributed by atoms with Crippen molar-refractivity contribution in [2.75, 3.05) is 0 Å². The Hall–Kier alpha value is -1.12. The van der Waals surface area contributed by atoms with Crippen molar-refractivity contribution in [3.63, 3.8) is 0 Å². The Balaban J connectivity index is 3.27. The van der Waals surface area contributed by atoms with Crippen LogP contribution in [0.5, 0.6) is 0 Å². The topological polar surface area (TPSA) is 43.1 Å². The number of rotatable bonds is 5. The summed E-state index contributed by atoms with van der Waals surface area (Å²) in [5, 5.41) is 9.79. The van der Waals surface area contributed by atoms with Crippen molar-refractivity contribution in [2.24, 2.45) is 0 Å². The molecule has 0 aliphatic carbocycles. The van der Waals surface area contributed by atoms with Gasteiger partial charge >= 0.3 is 0 Å². The first-order valence-corrected chi connectivity index (χ1v) is 3.72. The molecule has 0 radical (unpaired) electrons. The van der Waals surface area contributed by atoms with Gasteiger partial charge in [0, 0.05) is 0 Å². The molecule has 0 fully saturated rings. The molecule has 0 saturated heterocycles. The molecule has 3 nitrogen and oxygen atoms in total. The lowest BCUT2D eigenvalue weighted by Gasteiger charge is -1.83. The molecule has 0 heterocycles. The maximum Gasteiger partial charge on any atom is 0.230 e. The summed E-state index contributed by atoms with van der Waals surface area (Å²) in [4.78, 5) is 9.35. The highest BCUT2D eigenvalue weighted by molar-refractivity contribution is 4.84. The van der Waals surface area contributed by atoms with Gasteiger partial charge in [-0.2, -0.15) is 0 Å². The Bertz CT molecular complexity index is 161. The van der Waals surface area contributed by atoms with Crippen molar-refractivity contribution in [1.82, 2.24) is 0 Å². The average Bonchev–Trinajstić information content (AvgIpc) is 1.96. The number of unbranched alkanes of at least 4 members (excludes halogenated alkanes) is 1. The van der Waals surface area contributed by atoms with Gasteiger partial charge in [-0.15, -0.1) is 0 Å². The molecule has 0 atom stereocenters. The standard InChI is InChI=1S/C8H13NO2/c1-2-3-4-5-6-7-8-9(10)11/h3-4,7-8H,2,5-6H2,1H3/b4-3-,8-7+. The van der Waals surface area contributed by atoms with Crippen molar-refractivity contribution >= 4 is 0 Å². The molecule has 0 saturated carbocycles. The first kappa shape index (κ1) is 9.88. The van der Waals surface area contributed by atoms with E-state index in [0.29, 0.717) is 0 Å². The zero-order valence-corrected chi connectivity index (χ0v) is 6.69. The van der Waals surface area contributed by atoms with Crippen LogP contribution in [0.25, 0.3) is 0 Å². The van der Waals surface area contributed by atoms with Crippen molar-refractivity contribution in [2.45, 2.75) is 26.2 Å². The average molecular weight is 155 g/mol. The van der Waals surface area contributed by atoms with E-state index in [0.717, 1.165) is 25.5 Å². The highest BCUT2D eigenvalue weighted by Crippen LogP contribution is 1.93. The SMILES string of the molecule is CC/C=C\CC/C=C/[N+](=O)[O-]. The van der Waals surface area contributed by atoms with Crippen LogP contribution >= 0.6 is 0 Å². The van der Waals surface area contributed by atoms with E-state index in [9.17, 15) is 10.1 Å². The van der Waals surface area contributed by atoms with E-state index in [4.69, 9.17) is 0 Å². The van der Waals surface area contributed by atoms with Gasteiger partial charge in [0.1, 0.15) is 0 Å². The van der Waals surface area contributed by atoms with Crippen LogP contribution in [0.2, 0.25) is 0 Å². The van der Waals surface area contributed by atoms with Crippen LogP contribution in [0, 0.1) is 10.1 Å². The predicted molar refractivity (Wildman–Crippen MR) is 44.8 cm³/mol.